The summed E-state index contributed by atoms with van der Waals surface area (Å²) in [5.74, 6) is 0. The summed E-state index contributed by atoms with van der Waals surface area (Å²) in [4.78, 5) is 0. The molecule has 0 nitrogen and oxygen atoms in total. The fraction of sp³-hybridized carbons (Fsp3) is 0.750. The van der Waals surface area contributed by atoms with Gasteiger partial charge in [0, 0.05) is 0 Å². The van der Waals surface area contributed by atoms with E-state index in [4.69, 9.17) is 0 Å². The van der Waals surface area contributed by atoms with E-state index in [-0.39, 0.29) is 0 Å². The predicted molar refractivity (Wildman–Crippen MR) is 34.7 cm³/mol. The van der Waals surface area contributed by atoms with Crippen LogP contribution in [0.4, 0.5) is 0 Å². The average molecular weight is 108 g/mol. The second kappa shape index (κ2) is 1.02. The minimum atomic E-state index is 0.619. The Morgan fingerprint density at radius 2 is 2.00 bits per heavy atom. The van der Waals surface area contributed by atoms with Crippen molar-refractivity contribution in [1.82, 2.24) is 0 Å². The van der Waals surface area contributed by atoms with Gasteiger partial charge in [-0.15, -0.1) is 0 Å². The normalized spacial score (nSPS) is 30.8. The van der Waals surface area contributed by atoms with Crippen LogP contribution in [-0.2, 0) is 0 Å². The van der Waals surface area contributed by atoms with Crippen molar-refractivity contribution in [3.05, 3.63) is 11.1 Å². The number of hydrogen-bond donors (Lipinski definition) is 0. The van der Waals surface area contributed by atoms with Gasteiger partial charge in [-0.1, -0.05) is 25.0 Å². The van der Waals surface area contributed by atoms with Crippen LogP contribution in [-0.4, -0.2) is 0 Å². The Morgan fingerprint density at radius 1 is 1.25 bits per heavy atom. The minimum Gasteiger partial charge on any atom is -0.0693 e. The van der Waals surface area contributed by atoms with Crippen LogP contribution in [0.2, 0.25) is 0 Å². The Kier molecular flexibility index (Phi) is 0.588. The lowest BCUT2D eigenvalue weighted by molar-refractivity contribution is 0.311. The van der Waals surface area contributed by atoms with Crippen LogP contribution in [0.3, 0.4) is 0 Å². The lowest BCUT2D eigenvalue weighted by atomic mass is 9.57. The van der Waals surface area contributed by atoms with Gasteiger partial charge in [0.2, 0.25) is 0 Å². The molecule has 2 aliphatic carbocycles. The standard InChI is InChI=1S/C8H12/c1-8(2)5-6-3-4-7(6)8/h3-5H2,1-2H3. The van der Waals surface area contributed by atoms with E-state index in [0.29, 0.717) is 5.41 Å². The first-order valence-corrected chi connectivity index (χ1v) is 3.41. The summed E-state index contributed by atoms with van der Waals surface area (Å²) in [6.07, 6.45) is 4.21. The Morgan fingerprint density at radius 3 is 2.00 bits per heavy atom. The van der Waals surface area contributed by atoms with Crippen molar-refractivity contribution in [2.45, 2.75) is 33.1 Å². The van der Waals surface area contributed by atoms with Crippen molar-refractivity contribution in [2.24, 2.45) is 5.41 Å². The third kappa shape index (κ3) is 0.331. The zero-order valence-electron chi connectivity index (χ0n) is 5.62. The van der Waals surface area contributed by atoms with E-state index in [1.54, 1.807) is 11.1 Å². The van der Waals surface area contributed by atoms with Crippen LogP contribution in [0.1, 0.15) is 33.1 Å². The Hall–Kier alpha value is -0.260. The molecule has 0 atom stereocenters. The SMILES string of the molecule is CC1(C)CC2=C1CC2. The summed E-state index contributed by atoms with van der Waals surface area (Å²) in [5, 5.41) is 0. The molecule has 0 bridgehead atoms. The molecule has 0 unspecified atom stereocenters. The molecule has 0 fully saturated rings. The van der Waals surface area contributed by atoms with Crippen LogP contribution in [0.25, 0.3) is 0 Å². The smallest absolute Gasteiger partial charge is 0.0105 e. The summed E-state index contributed by atoms with van der Waals surface area (Å²) in [7, 11) is 0. The molecule has 2 rings (SSSR count). The fourth-order valence-electron chi connectivity index (χ4n) is 1.97. The summed E-state index contributed by atoms with van der Waals surface area (Å²) >= 11 is 0. The van der Waals surface area contributed by atoms with E-state index in [9.17, 15) is 0 Å². The van der Waals surface area contributed by atoms with E-state index < -0.39 is 0 Å². The van der Waals surface area contributed by atoms with Crippen LogP contribution >= 0.6 is 0 Å². The maximum Gasteiger partial charge on any atom is -0.0105 e. The molecule has 2 aliphatic rings. The van der Waals surface area contributed by atoms with Crippen molar-refractivity contribution in [3.8, 4) is 0 Å². The third-order valence-corrected chi connectivity index (χ3v) is 2.58. The third-order valence-electron chi connectivity index (χ3n) is 2.58. The number of allylic oxidation sites excluding steroid dienone is 2. The Labute approximate surface area is 50.6 Å². The highest BCUT2D eigenvalue weighted by Crippen LogP contribution is 2.56. The van der Waals surface area contributed by atoms with Crippen molar-refractivity contribution in [1.29, 1.82) is 0 Å². The van der Waals surface area contributed by atoms with Gasteiger partial charge in [0.1, 0.15) is 0 Å². The molecule has 0 aromatic heterocycles. The van der Waals surface area contributed by atoms with Crippen LogP contribution in [0, 0.1) is 5.41 Å². The lowest BCUT2D eigenvalue weighted by Gasteiger charge is -2.48. The summed E-state index contributed by atoms with van der Waals surface area (Å²) in [5.41, 5.74) is 4.17. The van der Waals surface area contributed by atoms with E-state index in [2.05, 4.69) is 13.8 Å². The van der Waals surface area contributed by atoms with Gasteiger partial charge in [-0.2, -0.15) is 0 Å². The van der Waals surface area contributed by atoms with Gasteiger partial charge >= 0.3 is 0 Å². The van der Waals surface area contributed by atoms with Gasteiger partial charge in [0.05, 0.1) is 0 Å². The maximum atomic E-state index is 2.35. The molecule has 0 saturated carbocycles. The zero-order valence-corrected chi connectivity index (χ0v) is 5.62. The Bertz CT molecular complexity index is 161. The van der Waals surface area contributed by atoms with E-state index >= 15 is 0 Å². The van der Waals surface area contributed by atoms with Crippen molar-refractivity contribution >= 4 is 0 Å². The molecule has 0 aromatic rings. The lowest BCUT2D eigenvalue weighted by Crippen LogP contribution is -2.33. The van der Waals surface area contributed by atoms with Crippen molar-refractivity contribution < 1.29 is 0 Å². The van der Waals surface area contributed by atoms with Gasteiger partial charge in [0.15, 0.2) is 0 Å². The minimum absolute atomic E-state index is 0.619. The predicted octanol–water partition coefficient (Wildman–Crippen LogP) is 2.51. The highest BCUT2D eigenvalue weighted by Gasteiger charge is 2.40. The zero-order chi connectivity index (χ0) is 5.78. The second-order valence-corrected chi connectivity index (χ2v) is 3.64. The van der Waals surface area contributed by atoms with Crippen molar-refractivity contribution in [2.75, 3.05) is 0 Å². The molecule has 0 amide bonds. The van der Waals surface area contributed by atoms with Crippen molar-refractivity contribution in [3.63, 3.8) is 0 Å². The van der Waals surface area contributed by atoms with Crippen LogP contribution in [0.5, 0.6) is 0 Å². The molecule has 8 heavy (non-hydrogen) atoms. The summed E-state index contributed by atoms with van der Waals surface area (Å²) in [6, 6.07) is 0. The molecular formula is C8H12. The molecule has 44 valence electrons. The Balaban J connectivity index is 2.33. The van der Waals surface area contributed by atoms with E-state index in [0.717, 1.165) is 0 Å². The molecule has 0 saturated heterocycles. The van der Waals surface area contributed by atoms with Gasteiger partial charge < -0.3 is 0 Å². The van der Waals surface area contributed by atoms with Gasteiger partial charge in [-0.25, -0.2) is 0 Å². The van der Waals surface area contributed by atoms with E-state index in [1.807, 2.05) is 0 Å². The highest BCUT2D eigenvalue weighted by atomic mass is 14.5. The first-order valence-electron chi connectivity index (χ1n) is 3.41. The number of hydrogen-bond acceptors (Lipinski definition) is 0. The molecule has 0 radical (unpaired) electrons. The average Bonchev–Trinajstić information content (AvgIpc) is 1.57. The van der Waals surface area contributed by atoms with Gasteiger partial charge in [-0.05, 0) is 24.7 Å². The monoisotopic (exact) mass is 108 g/mol. The highest BCUT2D eigenvalue weighted by molar-refractivity contribution is 5.40. The summed E-state index contributed by atoms with van der Waals surface area (Å²) in [6.45, 7) is 4.70. The van der Waals surface area contributed by atoms with Crippen LogP contribution < -0.4 is 0 Å². The molecule has 0 aromatic carbocycles. The summed E-state index contributed by atoms with van der Waals surface area (Å²) < 4.78 is 0. The fourth-order valence-corrected chi connectivity index (χ4v) is 1.97. The first kappa shape index (κ1) is 4.60. The molecule has 0 spiro atoms. The quantitative estimate of drug-likeness (QED) is 0.418. The van der Waals surface area contributed by atoms with E-state index in [1.165, 1.54) is 19.3 Å². The molecule has 0 heterocycles. The maximum absolute atomic E-state index is 2.35. The second-order valence-electron chi connectivity index (χ2n) is 3.64. The molecule has 0 N–H and O–H groups in total. The number of rotatable bonds is 0. The first-order chi connectivity index (χ1) is 3.70. The van der Waals surface area contributed by atoms with Crippen LogP contribution in [0.15, 0.2) is 11.1 Å². The molecule has 0 aliphatic heterocycles. The molecule has 0 heteroatoms. The van der Waals surface area contributed by atoms with Gasteiger partial charge in [-0.3, -0.25) is 0 Å². The van der Waals surface area contributed by atoms with Gasteiger partial charge in [0.25, 0.3) is 0 Å². The molecular weight excluding hydrogens is 96.1 g/mol. The topological polar surface area (TPSA) is 0 Å². The largest absolute Gasteiger partial charge is 0.0693 e.